The molecule has 0 saturated heterocycles. The summed E-state index contributed by atoms with van der Waals surface area (Å²) in [5.41, 5.74) is 3.29. The van der Waals surface area contributed by atoms with E-state index >= 15 is 0 Å². The zero-order valence-corrected chi connectivity index (χ0v) is 17.8. The molecule has 0 saturated carbocycles. The molecule has 3 aromatic carbocycles. The van der Waals surface area contributed by atoms with Crippen LogP contribution in [0.15, 0.2) is 78.9 Å². The number of nitrogens with zero attached hydrogens (tertiary/aromatic N) is 1. The molecule has 5 heteroatoms. The number of halogens is 1. The summed E-state index contributed by atoms with van der Waals surface area (Å²) in [7, 11) is 1.56. The molecule has 4 nitrogen and oxygen atoms in total. The highest BCUT2D eigenvalue weighted by atomic mass is 19.1. The van der Waals surface area contributed by atoms with E-state index in [-0.39, 0.29) is 24.8 Å². The number of benzene rings is 3. The molecule has 160 valence electrons. The van der Waals surface area contributed by atoms with Gasteiger partial charge in [-0.2, -0.15) is 0 Å². The maximum absolute atomic E-state index is 14.2. The summed E-state index contributed by atoms with van der Waals surface area (Å²) < 4.78 is 14.2. The second-order valence-corrected chi connectivity index (χ2v) is 7.60. The Balaban J connectivity index is 1.94. The van der Waals surface area contributed by atoms with Crippen molar-refractivity contribution in [2.75, 3.05) is 7.05 Å². The number of amides is 2. The number of carbonyl (C=O) groups is 2. The summed E-state index contributed by atoms with van der Waals surface area (Å²) in [5.74, 6) is -0.973. The molecule has 0 unspecified atom stereocenters. The largest absolute Gasteiger partial charge is 0.357 e. The highest BCUT2D eigenvalue weighted by molar-refractivity contribution is 5.88. The van der Waals surface area contributed by atoms with Gasteiger partial charge in [0.05, 0.1) is 6.42 Å². The van der Waals surface area contributed by atoms with Crippen molar-refractivity contribution < 1.29 is 14.0 Å². The number of rotatable bonds is 8. The van der Waals surface area contributed by atoms with Crippen LogP contribution in [0.3, 0.4) is 0 Å². The lowest BCUT2D eigenvalue weighted by molar-refractivity contribution is -0.140. The lowest BCUT2D eigenvalue weighted by Gasteiger charge is -2.31. The Kier molecular flexibility index (Phi) is 7.55. The summed E-state index contributed by atoms with van der Waals surface area (Å²) in [6.07, 6.45) is 0.260. The van der Waals surface area contributed by atoms with Crippen molar-refractivity contribution in [2.45, 2.75) is 32.4 Å². The zero-order chi connectivity index (χ0) is 22.2. The first-order chi connectivity index (χ1) is 15.0. The molecule has 31 heavy (non-hydrogen) atoms. The van der Waals surface area contributed by atoms with Gasteiger partial charge in [-0.3, -0.25) is 9.59 Å². The minimum absolute atomic E-state index is 0.110. The van der Waals surface area contributed by atoms with E-state index in [0.717, 1.165) is 16.7 Å². The predicted molar refractivity (Wildman–Crippen MR) is 120 cm³/mol. The highest BCUT2D eigenvalue weighted by Crippen LogP contribution is 2.18. The van der Waals surface area contributed by atoms with Crippen LogP contribution in [0.4, 0.5) is 4.39 Å². The summed E-state index contributed by atoms with van der Waals surface area (Å²) in [5, 5.41) is 2.68. The smallest absolute Gasteiger partial charge is 0.242 e. The first-order valence-corrected chi connectivity index (χ1v) is 10.3. The van der Waals surface area contributed by atoms with E-state index < -0.39 is 11.9 Å². The molecule has 3 aromatic rings. The van der Waals surface area contributed by atoms with Gasteiger partial charge in [0.25, 0.3) is 0 Å². The summed E-state index contributed by atoms with van der Waals surface area (Å²) in [4.78, 5) is 27.8. The van der Waals surface area contributed by atoms with Crippen molar-refractivity contribution in [3.63, 3.8) is 0 Å². The molecule has 1 N–H and O–H groups in total. The molecule has 2 amide bonds. The van der Waals surface area contributed by atoms with E-state index in [4.69, 9.17) is 0 Å². The minimum atomic E-state index is -0.715. The third-order valence-corrected chi connectivity index (χ3v) is 5.29. The number of hydrogen-bond acceptors (Lipinski definition) is 2. The molecule has 0 aliphatic heterocycles. The number of aryl methyl sites for hydroxylation is 1. The van der Waals surface area contributed by atoms with Gasteiger partial charge in [-0.1, -0.05) is 78.4 Å². The van der Waals surface area contributed by atoms with Crippen LogP contribution in [0, 0.1) is 12.7 Å². The van der Waals surface area contributed by atoms with Crippen LogP contribution in [0.5, 0.6) is 0 Å². The normalized spacial score (nSPS) is 11.6. The van der Waals surface area contributed by atoms with E-state index in [1.54, 1.807) is 30.1 Å². The maximum atomic E-state index is 14.2. The van der Waals surface area contributed by atoms with Gasteiger partial charge in [-0.25, -0.2) is 4.39 Å². The van der Waals surface area contributed by atoms with E-state index in [2.05, 4.69) is 5.32 Å². The Morgan fingerprint density at radius 2 is 1.55 bits per heavy atom. The van der Waals surface area contributed by atoms with Crippen LogP contribution < -0.4 is 5.32 Å². The second kappa shape index (κ2) is 10.5. The second-order valence-electron chi connectivity index (χ2n) is 7.60. The average Bonchev–Trinajstić information content (AvgIpc) is 2.79. The highest BCUT2D eigenvalue weighted by Gasteiger charge is 2.30. The molecule has 0 heterocycles. The Morgan fingerprint density at radius 3 is 2.19 bits per heavy atom. The van der Waals surface area contributed by atoms with E-state index in [9.17, 15) is 14.0 Å². The fraction of sp³-hybridized carbons (Fsp3) is 0.231. The SMILES string of the molecule is CNC(=O)[C@H](Cc1ccccc1)N(Cc1ccc(C)cc1)C(=O)Cc1ccccc1F. The number of hydrogen-bond donors (Lipinski definition) is 1. The van der Waals surface area contributed by atoms with Crippen LogP contribution >= 0.6 is 0 Å². The van der Waals surface area contributed by atoms with Gasteiger partial charge in [-0.05, 0) is 29.7 Å². The molecule has 0 aliphatic carbocycles. The van der Waals surface area contributed by atoms with Crippen LogP contribution in [0.25, 0.3) is 0 Å². The molecule has 0 aromatic heterocycles. The minimum Gasteiger partial charge on any atom is -0.357 e. The average molecular weight is 419 g/mol. The maximum Gasteiger partial charge on any atom is 0.242 e. The molecular weight excluding hydrogens is 391 g/mol. The van der Waals surface area contributed by atoms with Crippen LogP contribution in [0.1, 0.15) is 22.3 Å². The van der Waals surface area contributed by atoms with Gasteiger partial charge in [-0.15, -0.1) is 0 Å². The molecule has 0 bridgehead atoms. The Hall–Kier alpha value is -3.47. The van der Waals surface area contributed by atoms with Crippen molar-refractivity contribution in [3.05, 3.63) is 107 Å². The summed E-state index contributed by atoms with van der Waals surface area (Å²) in [6.45, 7) is 2.26. The molecule has 1 atom stereocenters. The fourth-order valence-electron chi connectivity index (χ4n) is 3.52. The quantitative estimate of drug-likeness (QED) is 0.600. The lowest BCUT2D eigenvalue weighted by Crippen LogP contribution is -2.50. The number of carbonyl (C=O) groups excluding carboxylic acids is 2. The van der Waals surface area contributed by atoms with E-state index in [0.29, 0.717) is 12.0 Å². The summed E-state index contributed by atoms with van der Waals surface area (Å²) in [6, 6.07) is 22.9. The van der Waals surface area contributed by atoms with E-state index in [1.807, 2.05) is 61.5 Å². The first-order valence-electron chi connectivity index (χ1n) is 10.3. The lowest BCUT2D eigenvalue weighted by atomic mass is 10.0. The zero-order valence-electron chi connectivity index (χ0n) is 17.8. The molecule has 3 rings (SSSR count). The van der Waals surface area contributed by atoms with Crippen molar-refractivity contribution in [2.24, 2.45) is 0 Å². The third kappa shape index (κ3) is 6.01. The van der Waals surface area contributed by atoms with Crippen LogP contribution in [-0.2, 0) is 29.0 Å². The molecule has 0 radical (unpaired) electrons. The standard InChI is InChI=1S/C26H27FN2O2/c1-19-12-14-21(15-13-19)18-29(25(30)17-22-10-6-7-11-23(22)27)24(26(31)28-2)16-20-8-4-3-5-9-20/h3-15,24H,16-18H2,1-2H3,(H,28,31)/t24-/m0/s1. The van der Waals surface area contributed by atoms with Gasteiger partial charge >= 0.3 is 0 Å². The fourth-order valence-corrected chi connectivity index (χ4v) is 3.52. The van der Waals surface area contributed by atoms with Gasteiger partial charge in [0.1, 0.15) is 11.9 Å². The van der Waals surface area contributed by atoms with Gasteiger partial charge in [0.15, 0.2) is 0 Å². The number of nitrogens with one attached hydrogen (secondary N) is 1. The predicted octanol–water partition coefficient (Wildman–Crippen LogP) is 4.06. The van der Waals surface area contributed by atoms with Gasteiger partial charge in [0.2, 0.25) is 11.8 Å². The van der Waals surface area contributed by atoms with Crippen molar-refractivity contribution in [3.8, 4) is 0 Å². The molecule has 0 spiro atoms. The first kappa shape index (κ1) is 22.2. The van der Waals surface area contributed by atoms with E-state index in [1.165, 1.54) is 6.07 Å². The molecular formula is C26H27FN2O2. The topological polar surface area (TPSA) is 49.4 Å². The summed E-state index contributed by atoms with van der Waals surface area (Å²) >= 11 is 0. The Morgan fingerprint density at radius 1 is 0.903 bits per heavy atom. The van der Waals surface area contributed by atoms with Crippen LogP contribution in [-0.4, -0.2) is 29.8 Å². The van der Waals surface area contributed by atoms with Crippen LogP contribution in [0.2, 0.25) is 0 Å². The number of likely N-dealkylation sites (N-methyl/N-ethyl adjacent to an activating group) is 1. The molecule has 0 aliphatic rings. The van der Waals surface area contributed by atoms with Crippen molar-refractivity contribution >= 4 is 11.8 Å². The van der Waals surface area contributed by atoms with Gasteiger partial charge < -0.3 is 10.2 Å². The Labute approximate surface area is 182 Å². The molecule has 0 fully saturated rings. The third-order valence-electron chi connectivity index (χ3n) is 5.29. The monoisotopic (exact) mass is 418 g/mol. The Bertz CT molecular complexity index is 1020. The van der Waals surface area contributed by atoms with Gasteiger partial charge in [0, 0.05) is 20.0 Å². The van der Waals surface area contributed by atoms with Crippen molar-refractivity contribution in [1.29, 1.82) is 0 Å². The van der Waals surface area contributed by atoms with Crippen molar-refractivity contribution in [1.82, 2.24) is 10.2 Å².